The number of ether oxygens (including phenoxy) is 2. The number of carbonyl (C=O) groups excluding carboxylic acids is 1. The van der Waals surface area contributed by atoms with Crippen molar-refractivity contribution in [3.8, 4) is 0 Å². The minimum Gasteiger partial charge on any atom is -0.481 e. The standard InChI is InChI=1S/C15H26N2O5/c1-21-7-2-8-22-13-9-17(10-13)15(20)16-12-5-3-11(4-6-12)14(18)19/h11-13H,2-10H2,1H3,(H,16,20)(H,18,19). The Hall–Kier alpha value is -1.34. The van der Waals surface area contributed by atoms with Crippen LogP contribution in [0.15, 0.2) is 0 Å². The second-order valence-electron chi connectivity index (χ2n) is 6.08. The van der Waals surface area contributed by atoms with E-state index >= 15 is 0 Å². The molecule has 1 saturated heterocycles. The fourth-order valence-corrected chi connectivity index (χ4v) is 2.91. The number of nitrogens with one attached hydrogen (secondary N) is 1. The Balaban J connectivity index is 1.57. The molecule has 2 N–H and O–H groups in total. The van der Waals surface area contributed by atoms with E-state index in [-0.39, 0.29) is 24.1 Å². The molecule has 2 rings (SSSR count). The molecule has 1 aliphatic heterocycles. The van der Waals surface area contributed by atoms with Crippen LogP contribution in [0.1, 0.15) is 32.1 Å². The predicted octanol–water partition coefficient (Wildman–Crippen LogP) is 1.08. The van der Waals surface area contributed by atoms with Gasteiger partial charge >= 0.3 is 12.0 Å². The van der Waals surface area contributed by atoms with E-state index in [1.807, 2.05) is 0 Å². The molecule has 7 heteroatoms. The maximum Gasteiger partial charge on any atom is 0.317 e. The van der Waals surface area contributed by atoms with Gasteiger partial charge in [0.15, 0.2) is 0 Å². The number of amides is 2. The van der Waals surface area contributed by atoms with Crippen molar-refractivity contribution in [3.63, 3.8) is 0 Å². The molecule has 22 heavy (non-hydrogen) atoms. The van der Waals surface area contributed by atoms with Crippen LogP contribution in [-0.4, -0.2) is 67.6 Å². The van der Waals surface area contributed by atoms with Gasteiger partial charge in [0, 0.05) is 26.4 Å². The number of nitrogens with zero attached hydrogens (tertiary/aromatic N) is 1. The molecule has 1 saturated carbocycles. The van der Waals surface area contributed by atoms with Crippen molar-refractivity contribution in [1.29, 1.82) is 0 Å². The Bertz CT molecular complexity index is 376. The van der Waals surface area contributed by atoms with Crippen molar-refractivity contribution in [2.75, 3.05) is 33.4 Å². The molecule has 0 unspecified atom stereocenters. The average Bonchev–Trinajstić information content (AvgIpc) is 2.45. The van der Waals surface area contributed by atoms with E-state index in [0.29, 0.717) is 39.1 Å². The number of likely N-dealkylation sites (tertiary alicyclic amines) is 1. The predicted molar refractivity (Wildman–Crippen MR) is 79.7 cm³/mol. The van der Waals surface area contributed by atoms with Gasteiger partial charge in [-0.25, -0.2) is 4.79 Å². The van der Waals surface area contributed by atoms with Crippen LogP contribution in [0.2, 0.25) is 0 Å². The minimum absolute atomic E-state index is 0.0597. The van der Waals surface area contributed by atoms with Gasteiger partial charge < -0.3 is 24.8 Å². The van der Waals surface area contributed by atoms with Crippen LogP contribution in [0.4, 0.5) is 4.79 Å². The first-order chi connectivity index (χ1) is 10.6. The van der Waals surface area contributed by atoms with Crippen molar-refractivity contribution >= 4 is 12.0 Å². The van der Waals surface area contributed by atoms with Crippen LogP contribution in [0.25, 0.3) is 0 Å². The molecule has 7 nitrogen and oxygen atoms in total. The second kappa shape index (κ2) is 8.33. The van der Waals surface area contributed by atoms with Crippen molar-refractivity contribution in [3.05, 3.63) is 0 Å². The summed E-state index contributed by atoms with van der Waals surface area (Å²) in [6.45, 7) is 2.61. The third-order valence-electron chi connectivity index (χ3n) is 4.39. The van der Waals surface area contributed by atoms with Crippen LogP contribution in [0, 0.1) is 5.92 Å². The highest BCUT2D eigenvalue weighted by Gasteiger charge is 2.33. The van der Waals surface area contributed by atoms with Crippen LogP contribution in [-0.2, 0) is 14.3 Å². The number of carbonyl (C=O) groups is 2. The zero-order valence-electron chi connectivity index (χ0n) is 13.1. The Morgan fingerprint density at radius 3 is 2.45 bits per heavy atom. The highest BCUT2D eigenvalue weighted by Crippen LogP contribution is 2.24. The summed E-state index contributed by atoms with van der Waals surface area (Å²) in [4.78, 5) is 24.7. The number of carboxylic acid groups (broad SMARTS) is 1. The molecule has 0 radical (unpaired) electrons. The lowest BCUT2D eigenvalue weighted by molar-refractivity contribution is -0.142. The summed E-state index contributed by atoms with van der Waals surface area (Å²) >= 11 is 0. The van der Waals surface area contributed by atoms with Gasteiger partial charge in [-0.05, 0) is 32.1 Å². The van der Waals surface area contributed by atoms with Crippen LogP contribution in [0.5, 0.6) is 0 Å². The molecule has 1 heterocycles. The van der Waals surface area contributed by atoms with Crippen molar-refractivity contribution in [1.82, 2.24) is 10.2 Å². The van der Waals surface area contributed by atoms with Gasteiger partial charge in [0.1, 0.15) is 0 Å². The minimum atomic E-state index is -0.721. The second-order valence-corrected chi connectivity index (χ2v) is 6.08. The molecule has 0 aromatic carbocycles. The molecule has 0 atom stereocenters. The molecule has 2 amide bonds. The number of hydrogen-bond acceptors (Lipinski definition) is 4. The smallest absolute Gasteiger partial charge is 0.317 e. The van der Waals surface area contributed by atoms with E-state index in [9.17, 15) is 9.59 Å². The summed E-state index contributed by atoms with van der Waals surface area (Å²) in [7, 11) is 1.67. The van der Waals surface area contributed by atoms with Crippen LogP contribution < -0.4 is 5.32 Å². The first-order valence-corrected chi connectivity index (χ1v) is 7.99. The third-order valence-corrected chi connectivity index (χ3v) is 4.39. The fourth-order valence-electron chi connectivity index (χ4n) is 2.91. The highest BCUT2D eigenvalue weighted by molar-refractivity contribution is 5.75. The molecule has 0 bridgehead atoms. The van der Waals surface area contributed by atoms with Gasteiger partial charge in [-0.2, -0.15) is 0 Å². The lowest BCUT2D eigenvalue weighted by Gasteiger charge is -2.40. The number of carboxylic acids is 1. The van der Waals surface area contributed by atoms with Gasteiger partial charge in [-0.3, -0.25) is 4.79 Å². The zero-order valence-corrected chi connectivity index (χ0v) is 13.1. The van der Waals surface area contributed by atoms with Gasteiger partial charge in [-0.15, -0.1) is 0 Å². The summed E-state index contributed by atoms with van der Waals surface area (Å²) in [6, 6.07) is 0.0419. The average molecular weight is 314 g/mol. The lowest BCUT2D eigenvalue weighted by atomic mass is 9.86. The van der Waals surface area contributed by atoms with Crippen LogP contribution >= 0.6 is 0 Å². The fraction of sp³-hybridized carbons (Fsp3) is 0.867. The molecule has 0 aromatic heterocycles. The lowest BCUT2D eigenvalue weighted by Crippen LogP contribution is -2.59. The van der Waals surface area contributed by atoms with E-state index in [0.717, 1.165) is 19.3 Å². The quantitative estimate of drug-likeness (QED) is 0.687. The van der Waals surface area contributed by atoms with E-state index < -0.39 is 5.97 Å². The first kappa shape index (κ1) is 17.0. The molecular formula is C15H26N2O5. The zero-order chi connectivity index (χ0) is 15.9. The Kier molecular flexibility index (Phi) is 6.45. The summed E-state index contributed by atoms with van der Waals surface area (Å²) in [5, 5.41) is 12.0. The van der Waals surface area contributed by atoms with Gasteiger partial charge in [-0.1, -0.05) is 0 Å². The Morgan fingerprint density at radius 1 is 1.18 bits per heavy atom. The summed E-state index contributed by atoms with van der Waals surface area (Å²) in [6.07, 6.45) is 3.77. The highest BCUT2D eigenvalue weighted by atomic mass is 16.5. The third kappa shape index (κ3) is 4.84. The van der Waals surface area contributed by atoms with E-state index in [1.54, 1.807) is 12.0 Å². The van der Waals surface area contributed by atoms with Crippen molar-refractivity contribution in [2.45, 2.75) is 44.2 Å². The summed E-state index contributed by atoms with van der Waals surface area (Å²) in [5.74, 6) is -0.969. The number of hydrogen-bond donors (Lipinski definition) is 2. The van der Waals surface area contributed by atoms with Crippen molar-refractivity contribution in [2.24, 2.45) is 5.92 Å². The Labute approximate surface area is 130 Å². The molecule has 1 aliphatic carbocycles. The molecule has 2 aliphatic rings. The largest absolute Gasteiger partial charge is 0.481 e. The van der Waals surface area contributed by atoms with Gasteiger partial charge in [0.2, 0.25) is 0 Å². The maximum atomic E-state index is 12.1. The van der Waals surface area contributed by atoms with Gasteiger partial charge in [0.05, 0.1) is 25.1 Å². The molecular weight excluding hydrogens is 288 g/mol. The molecule has 126 valence electrons. The van der Waals surface area contributed by atoms with Crippen molar-refractivity contribution < 1.29 is 24.2 Å². The maximum absolute atomic E-state index is 12.1. The monoisotopic (exact) mass is 314 g/mol. The summed E-state index contributed by atoms with van der Waals surface area (Å²) in [5.41, 5.74) is 0. The van der Waals surface area contributed by atoms with E-state index in [2.05, 4.69) is 5.32 Å². The molecule has 0 aromatic rings. The first-order valence-electron chi connectivity index (χ1n) is 7.99. The molecule has 0 spiro atoms. The number of aliphatic carboxylic acids is 1. The summed E-state index contributed by atoms with van der Waals surface area (Å²) < 4.78 is 10.6. The topological polar surface area (TPSA) is 88.1 Å². The number of rotatable bonds is 7. The number of urea groups is 1. The van der Waals surface area contributed by atoms with E-state index in [4.69, 9.17) is 14.6 Å². The number of methoxy groups -OCH3 is 1. The van der Waals surface area contributed by atoms with Gasteiger partial charge in [0.25, 0.3) is 0 Å². The Morgan fingerprint density at radius 2 is 1.86 bits per heavy atom. The van der Waals surface area contributed by atoms with E-state index in [1.165, 1.54) is 0 Å². The normalized spacial score (nSPS) is 25.6. The molecule has 2 fully saturated rings. The van der Waals surface area contributed by atoms with Crippen LogP contribution in [0.3, 0.4) is 0 Å². The SMILES string of the molecule is COCCCOC1CN(C(=O)NC2CCC(C(=O)O)CC2)C1.